The number of likely N-dealkylation sites (N-methyl/N-ethyl adjacent to an activating group) is 6. The Morgan fingerprint density at radius 2 is 0.941 bits per heavy atom. The minimum Gasteiger partial charge on any atom is -0.391 e. The van der Waals surface area contributed by atoms with E-state index < -0.39 is 168 Å². The number of hydrogen-bond donors (Lipinski definition) is 6. The monoisotopic (exact) mass is 1430 g/mol. The van der Waals surface area contributed by atoms with Crippen LogP contribution in [0.15, 0.2) is 60.7 Å². The van der Waals surface area contributed by atoms with Gasteiger partial charge in [0.15, 0.2) is 0 Å². The van der Waals surface area contributed by atoms with Crippen molar-refractivity contribution < 1.29 is 72.1 Å². The highest BCUT2D eigenvalue weighted by atomic mass is 16.5. The van der Waals surface area contributed by atoms with Gasteiger partial charge in [-0.05, 0) is 107 Å². The number of likely N-dealkylation sites (tertiary alicyclic amines) is 1. The van der Waals surface area contributed by atoms with E-state index in [4.69, 9.17) is 9.47 Å². The van der Waals surface area contributed by atoms with Crippen molar-refractivity contribution in [2.75, 3.05) is 81.7 Å². The number of amides is 12. The second-order valence-electron chi connectivity index (χ2n) is 30.1. The number of carbonyl (C=O) groups is 12. The predicted octanol–water partition coefficient (Wildman–Crippen LogP) is 3.32. The number of ether oxygens (including phenoxy) is 2. The van der Waals surface area contributed by atoms with E-state index in [0.29, 0.717) is 43.5 Å². The van der Waals surface area contributed by atoms with Crippen LogP contribution < -0.4 is 26.6 Å². The molecule has 2 fully saturated rings. The fourth-order valence-electron chi connectivity index (χ4n) is 12.4. The SMILES string of the molecule is CCCOC[C@@H]1NC(=O)[C@H](Cc2ccccc2)N(C)C(=O)[C@@H](C(C)C)NC(=O)C[C@@H](C(=O)N2CCCCC2)NC(=O)[C@H](CC(C)C)N(C)C(=O)[C@H](Cc2ccccc2)N(C)C(=O)[C@H](COC(C)(C)C)NC(=O)[C@H](CC(C)C)N(C)C(=O)CN(C)C(=O)[C@H]([C@@H](C)O)NC(=O)[C@H](CC(C)C)N(C)C1=O. The van der Waals surface area contributed by atoms with E-state index in [1.807, 2.05) is 48.5 Å². The maximum absolute atomic E-state index is 15.6. The molecule has 102 heavy (non-hydrogen) atoms. The van der Waals surface area contributed by atoms with Crippen LogP contribution in [0.5, 0.6) is 0 Å². The fourth-order valence-corrected chi connectivity index (χ4v) is 12.4. The van der Waals surface area contributed by atoms with Gasteiger partial charge in [-0.1, -0.05) is 123 Å². The van der Waals surface area contributed by atoms with Gasteiger partial charge >= 0.3 is 0 Å². The minimum absolute atomic E-state index is 0.0207. The van der Waals surface area contributed by atoms with Crippen molar-refractivity contribution in [2.24, 2.45) is 23.7 Å². The Hall–Kier alpha value is -8.04. The van der Waals surface area contributed by atoms with Gasteiger partial charge in [-0.25, -0.2) is 0 Å². The van der Waals surface area contributed by atoms with E-state index in [-0.39, 0.29) is 63.1 Å². The number of rotatable bonds is 19. The summed E-state index contributed by atoms with van der Waals surface area (Å²) in [5.41, 5.74) is 0.394. The fraction of sp³-hybridized carbons (Fsp3) is 0.680. The second kappa shape index (κ2) is 40.7. The number of carbonyl (C=O) groups excluding carboxylic acids is 12. The highest BCUT2D eigenvalue weighted by Gasteiger charge is 2.44. The van der Waals surface area contributed by atoms with Crippen molar-refractivity contribution in [3.05, 3.63) is 71.8 Å². The normalized spacial score (nSPS) is 24.9. The van der Waals surface area contributed by atoms with Crippen LogP contribution in [-0.2, 0) is 79.8 Å². The van der Waals surface area contributed by atoms with Crippen LogP contribution in [-0.4, -0.2) is 264 Å². The molecule has 27 nitrogen and oxygen atoms in total. The van der Waals surface area contributed by atoms with Gasteiger partial charge in [0.2, 0.25) is 70.9 Å². The summed E-state index contributed by atoms with van der Waals surface area (Å²) < 4.78 is 12.1. The van der Waals surface area contributed by atoms with Crippen LogP contribution in [0.1, 0.15) is 153 Å². The summed E-state index contributed by atoms with van der Waals surface area (Å²) in [6.07, 6.45) is 0.449. The maximum atomic E-state index is 15.6. The molecule has 2 saturated heterocycles. The second-order valence-corrected chi connectivity index (χ2v) is 30.1. The molecule has 0 bridgehead atoms. The van der Waals surface area contributed by atoms with Crippen LogP contribution in [0.3, 0.4) is 0 Å². The molecular formula is C75H120N12O15. The summed E-state index contributed by atoms with van der Waals surface area (Å²) in [6.45, 7) is 22.1. The molecule has 0 aromatic heterocycles. The average molecular weight is 1430 g/mol. The van der Waals surface area contributed by atoms with Crippen LogP contribution in [0.4, 0.5) is 0 Å². The van der Waals surface area contributed by atoms with Crippen molar-refractivity contribution in [1.29, 1.82) is 0 Å². The number of aliphatic hydroxyl groups is 1. The first-order chi connectivity index (χ1) is 47.8. The third-order valence-corrected chi connectivity index (χ3v) is 18.5. The number of aliphatic hydroxyl groups excluding tert-OH is 1. The lowest BCUT2D eigenvalue weighted by molar-refractivity contribution is -0.151. The van der Waals surface area contributed by atoms with Gasteiger partial charge in [0.1, 0.15) is 60.4 Å². The number of hydrogen-bond acceptors (Lipinski definition) is 15. The number of nitrogens with one attached hydrogen (secondary N) is 5. The lowest BCUT2D eigenvalue weighted by Crippen LogP contribution is -2.62. The Kier molecular flexibility index (Phi) is 34.5. The first kappa shape index (κ1) is 86.4. The molecular weight excluding hydrogens is 1310 g/mol. The largest absolute Gasteiger partial charge is 0.391 e. The molecule has 12 amide bonds. The molecule has 0 spiro atoms. The third kappa shape index (κ3) is 26.0. The molecule has 2 aromatic carbocycles. The van der Waals surface area contributed by atoms with Crippen LogP contribution in [0, 0.1) is 23.7 Å². The van der Waals surface area contributed by atoms with Gasteiger partial charge in [-0.2, -0.15) is 0 Å². The Labute approximate surface area is 604 Å². The standard InChI is InChI=1S/C75H120N12O15/c1-20-36-101-44-54-69(95)83(16)58(39-48(6)7)68(94)80-64(50(10)88)73(99)81(14)43-62(90)82(15)56(37-46(2)3)65(91)78-55(45-102-75(11,12)13)70(96)86(19)60(41-52-32-26-22-27-33-52)72(98)84(17)57(38-47(4)5)66(92)76-53(71(97)87-34-28-23-29-35-87)42-61(89)79-63(49(8)9)74(100)85(18)59(67(93)77-54)40-51-30-24-21-25-31-51/h21-22,24-27,30-33,46-50,53-60,63-64,88H,20,23,28-29,34-45H2,1-19H3,(H,76,92)(H,77,93)(H,78,91)(H,79,89)(H,80,94)/t50-,53+,54+,55+,56+,57+,58+,59+,60+,63-,64+/m1/s1. The Bertz CT molecular complexity index is 3120. The number of benzene rings is 2. The molecule has 11 atom stereocenters. The molecule has 2 heterocycles. The lowest BCUT2D eigenvalue weighted by Gasteiger charge is -2.38. The van der Waals surface area contributed by atoms with Gasteiger partial charge in [0.25, 0.3) is 0 Å². The Balaban J connectivity index is 2.00. The topological polar surface area (TPSA) is 326 Å². The van der Waals surface area contributed by atoms with Crippen molar-refractivity contribution in [2.45, 2.75) is 226 Å². The van der Waals surface area contributed by atoms with E-state index in [2.05, 4.69) is 26.6 Å². The molecule has 6 N–H and O–H groups in total. The zero-order valence-electron chi connectivity index (χ0n) is 64.0. The summed E-state index contributed by atoms with van der Waals surface area (Å²) in [7, 11) is 8.23. The zero-order valence-corrected chi connectivity index (χ0v) is 64.0. The van der Waals surface area contributed by atoms with Crippen molar-refractivity contribution in [3.63, 3.8) is 0 Å². The van der Waals surface area contributed by atoms with Gasteiger partial charge in [0, 0.05) is 74.8 Å². The lowest BCUT2D eigenvalue weighted by atomic mass is 9.97. The third-order valence-electron chi connectivity index (χ3n) is 18.5. The van der Waals surface area contributed by atoms with E-state index in [1.54, 1.807) is 100 Å². The minimum atomic E-state index is -1.68. The van der Waals surface area contributed by atoms with Crippen LogP contribution in [0.25, 0.3) is 0 Å². The Morgan fingerprint density at radius 1 is 0.510 bits per heavy atom. The first-order valence-electron chi connectivity index (χ1n) is 36.1. The number of piperidine rings is 1. The summed E-state index contributed by atoms with van der Waals surface area (Å²) in [5.74, 6) is -10.6. The molecule has 2 aliphatic rings. The smallest absolute Gasteiger partial charge is 0.248 e. The summed E-state index contributed by atoms with van der Waals surface area (Å²) in [4.78, 5) is 189. The zero-order chi connectivity index (χ0) is 76.6. The quantitative estimate of drug-likeness (QED) is 0.110. The average Bonchev–Trinajstić information content (AvgIpc) is 0.822. The Morgan fingerprint density at radius 3 is 1.41 bits per heavy atom. The van der Waals surface area contributed by atoms with E-state index >= 15 is 28.8 Å². The van der Waals surface area contributed by atoms with Gasteiger partial charge in [0.05, 0.1) is 37.9 Å². The van der Waals surface area contributed by atoms with Gasteiger partial charge < -0.3 is 75.5 Å². The van der Waals surface area contributed by atoms with E-state index in [9.17, 15) is 33.9 Å². The van der Waals surface area contributed by atoms with Crippen LogP contribution in [0.2, 0.25) is 0 Å². The molecule has 27 heteroatoms. The maximum Gasteiger partial charge on any atom is 0.248 e. The highest BCUT2D eigenvalue weighted by Crippen LogP contribution is 2.23. The van der Waals surface area contributed by atoms with Gasteiger partial charge in [-0.15, -0.1) is 0 Å². The molecule has 2 aromatic rings. The molecule has 2 aliphatic heterocycles. The highest BCUT2D eigenvalue weighted by molar-refractivity contribution is 6.00. The molecule has 570 valence electrons. The first-order valence-corrected chi connectivity index (χ1v) is 36.1. The molecule has 4 rings (SSSR count). The summed E-state index contributed by atoms with van der Waals surface area (Å²) in [6, 6.07) is 3.55. The van der Waals surface area contributed by atoms with Crippen molar-refractivity contribution in [3.8, 4) is 0 Å². The molecule has 0 saturated carbocycles. The summed E-state index contributed by atoms with van der Waals surface area (Å²) >= 11 is 0. The summed E-state index contributed by atoms with van der Waals surface area (Å²) in [5, 5.41) is 25.2. The predicted molar refractivity (Wildman–Crippen MR) is 387 cm³/mol. The van der Waals surface area contributed by atoms with E-state index in [0.717, 1.165) is 21.1 Å². The molecule has 0 aliphatic carbocycles. The van der Waals surface area contributed by atoms with E-state index in [1.165, 1.54) is 63.9 Å². The molecule has 0 unspecified atom stereocenters. The molecule has 0 radical (unpaired) electrons. The van der Waals surface area contributed by atoms with Crippen molar-refractivity contribution >= 4 is 70.9 Å². The van der Waals surface area contributed by atoms with Gasteiger partial charge in [-0.3, -0.25) is 57.5 Å². The number of nitrogens with zero attached hydrogens (tertiary/aromatic N) is 7. The van der Waals surface area contributed by atoms with Crippen molar-refractivity contribution in [1.82, 2.24) is 60.9 Å². The van der Waals surface area contributed by atoms with Crippen LogP contribution >= 0.6 is 0 Å².